The maximum Gasteiger partial charge on any atom is 0.282 e. The zero-order valence-corrected chi connectivity index (χ0v) is 11.4. The van der Waals surface area contributed by atoms with Gasteiger partial charge in [-0.2, -0.15) is 0 Å². The van der Waals surface area contributed by atoms with E-state index in [0.29, 0.717) is 5.69 Å². The maximum atomic E-state index is 12.2. The summed E-state index contributed by atoms with van der Waals surface area (Å²) in [7, 11) is 0. The number of pyridine rings is 1. The van der Waals surface area contributed by atoms with Crippen LogP contribution >= 0.6 is 0 Å². The van der Waals surface area contributed by atoms with Crippen LogP contribution in [-0.4, -0.2) is 10.8 Å². The minimum Gasteiger partial charge on any atom is -0.317 e. The van der Waals surface area contributed by atoms with Crippen LogP contribution in [0.4, 0.5) is 11.4 Å². The molecule has 0 aliphatic carbocycles. The van der Waals surface area contributed by atoms with Crippen LogP contribution in [-0.2, 0) is 0 Å². The molecule has 22 heavy (non-hydrogen) atoms. The number of aromatic nitrogens is 1. The fourth-order valence-electron chi connectivity index (χ4n) is 2.21. The monoisotopic (exact) mass is 294 g/mol. The minimum absolute atomic E-state index is 0.0284. The van der Waals surface area contributed by atoms with Gasteiger partial charge in [0.15, 0.2) is 6.20 Å². The number of benzene rings is 2. The van der Waals surface area contributed by atoms with E-state index in [2.05, 4.69) is 10.3 Å². The van der Waals surface area contributed by atoms with Gasteiger partial charge >= 0.3 is 0 Å². The predicted octanol–water partition coefficient (Wildman–Crippen LogP) is 2.81. The number of aromatic amines is 1. The van der Waals surface area contributed by atoms with Crippen molar-refractivity contribution in [2.24, 2.45) is 0 Å². The molecule has 0 aliphatic rings. The molecule has 0 bridgehead atoms. The molecule has 1 heterocycles. The third kappa shape index (κ3) is 2.62. The molecule has 0 aliphatic heterocycles. The smallest absolute Gasteiger partial charge is 0.282 e. The van der Waals surface area contributed by atoms with E-state index in [0.717, 1.165) is 10.9 Å². The second-order valence-corrected chi connectivity index (χ2v) is 4.70. The number of nitrogens with one attached hydrogen (secondary N) is 2. The van der Waals surface area contributed by atoms with Crippen molar-refractivity contribution >= 4 is 28.2 Å². The first-order valence-electron chi connectivity index (χ1n) is 6.60. The topological polar surface area (TPSA) is 86.4 Å². The molecule has 3 rings (SSSR count). The number of nitrogens with zero attached hydrogens (tertiary/aromatic N) is 1. The molecule has 0 saturated heterocycles. The Bertz CT molecular complexity index is 877. The van der Waals surface area contributed by atoms with E-state index in [1.165, 1.54) is 18.2 Å². The summed E-state index contributed by atoms with van der Waals surface area (Å²) in [5.41, 5.74) is 1.29. The van der Waals surface area contributed by atoms with Gasteiger partial charge in [-0.05, 0) is 18.2 Å². The molecular formula is C16H12N3O3+. The highest BCUT2D eigenvalue weighted by Crippen LogP contribution is 2.20. The van der Waals surface area contributed by atoms with E-state index in [-0.39, 0.29) is 11.3 Å². The Balaban J connectivity index is 1.91. The number of hydrogen-bond acceptors (Lipinski definition) is 3. The summed E-state index contributed by atoms with van der Waals surface area (Å²) in [6.07, 6.45) is 1.65. The summed E-state index contributed by atoms with van der Waals surface area (Å²) in [6.45, 7) is 0. The van der Waals surface area contributed by atoms with E-state index in [9.17, 15) is 14.9 Å². The summed E-state index contributed by atoms with van der Waals surface area (Å²) in [4.78, 5) is 25.7. The van der Waals surface area contributed by atoms with E-state index in [1.54, 1.807) is 18.3 Å². The summed E-state index contributed by atoms with van der Waals surface area (Å²) in [5, 5.41) is 14.6. The van der Waals surface area contributed by atoms with Crippen LogP contribution in [0.15, 0.2) is 60.8 Å². The van der Waals surface area contributed by atoms with Crippen molar-refractivity contribution in [3.05, 3.63) is 76.5 Å². The largest absolute Gasteiger partial charge is 0.317 e. The molecular weight excluding hydrogens is 282 g/mol. The Morgan fingerprint density at radius 3 is 2.64 bits per heavy atom. The molecule has 6 nitrogen and oxygen atoms in total. The normalized spacial score (nSPS) is 10.4. The molecule has 0 radical (unpaired) electrons. The lowest BCUT2D eigenvalue weighted by molar-refractivity contribution is -0.385. The first kappa shape index (κ1) is 13.7. The van der Waals surface area contributed by atoms with Gasteiger partial charge in [0.25, 0.3) is 11.6 Å². The van der Waals surface area contributed by atoms with Crippen LogP contribution in [0.2, 0.25) is 0 Å². The van der Waals surface area contributed by atoms with Gasteiger partial charge in [-0.1, -0.05) is 24.3 Å². The van der Waals surface area contributed by atoms with Gasteiger partial charge in [0.05, 0.1) is 4.92 Å². The molecule has 2 aromatic carbocycles. The highest BCUT2D eigenvalue weighted by Gasteiger charge is 2.19. The Morgan fingerprint density at radius 1 is 1.09 bits per heavy atom. The predicted molar refractivity (Wildman–Crippen MR) is 81.6 cm³/mol. The number of H-pyrrole nitrogens is 1. The zero-order valence-electron chi connectivity index (χ0n) is 11.4. The fraction of sp³-hybridized carbons (Fsp3) is 0. The van der Waals surface area contributed by atoms with Crippen LogP contribution in [0.25, 0.3) is 10.9 Å². The van der Waals surface area contributed by atoms with Crippen LogP contribution < -0.4 is 10.3 Å². The van der Waals surface area contributed by atoms with E-state index in [1.807, 2.05) is 24.3 Å². The van der Waals surface area contributed by atoms with Crippen LogP contribution in [0.5, 0.6) is 0 Å². The summed E-state index contributed by atoms with van der Waals surface area (Å²) >= 11 is 0. The Hall–Kier alpha value is -3.28. The van der Waals surface area contributed by atoms with E-state index < -0.39 is 10.8 Å². The number of amides is 1. The van der Waals surface area contributed by atoms with Crippen molar-refractivity contribution in [3.8, 4) is 0 Å². The van der Waals surface area contributed by atoms with Gasteiger partial charge in [-0.25, -0.2) is 4.98 Å². The zero-order chi connectivity index (χ0) is 15.5. The molecule has 2 N–H and O–H groups in total. The standard InChI is InChI=1S/C16H11N3O3/c20-16(13-6-2-4-8-15(13)19(21)22)18-12-9-11-5-1-3-7-14(11)17-10-12/h1-10H,(H,18,20)/p+1. The molecule has 0 spiro atoms. The van der Waals surface area contributed by atoms with Gasteiger partial charge in [-0.3, -0.25) is 14.9 Å². The fourth-order valence-corrected chi connectivity index (χ4v) is 2.21. The van der Waals surface area contributed by atoms with Gasteiger partial charge in [0.1, 0.15) is 11.3 Å². The van der Waals surface area contributed by atoms with Crippen LogP contribution in [0, 0.1) is 10.1 Å². The van der Waals surface area contributed by atoms with Gasteiger partial charge in [-0.15, -0.1) is 0 Å². The summed E-state index contributed by atoms with van der Waals surface area (Å²) in [5.74, 6) is -0.518. The second kappa shape index (κ2) is 5.61. The summed E-state index contributed by atoms with van der Waals surface area (Å²) < 4.78 is 0. The third-order valence-electron chi connectivity index (χ3n) is 3.26. The van der Waals surface area contributed by atoms with Crippen molar-refractivity contribution in [1.29, 1.82) is 0 Å². The number of hydrogen-bond donors (Lipinski definition) is 1. The van der Waals surface area contributed by atoms with Crippen molar-refractivity contribution < 1.29 is 14.7 Å². The molecule has 1 amide bonds. The Morgan fingerprint density at radius 2 is 1.82 bits per heavy atom. The number of para-hydroxylation sites is 2. The van der Waals surface area contributed by atoms with Crippen LogP contribution in [0.3, 0.4) is 0 Å². The summed E-state index contributed by atoms with van der Waals surface area (Å²) in [6, 6.07) is 15.3. The number of carbonyl (C=O) groups is 1. The van der Waals surface area contributed by atoms with E-state index >= 15 is 0 Å². The lowest BCUT2D eigenvalue weighted by atomic mass is 10.1. The second-order valence-electron chi connectivity index (χ2n) is 4.70. The molecule has 0 unspecified atom stereocenters. The third-order valence-corrected chi connectivity index (χ3v) is 3.26. The number of nitro groups is 1. The number of rotatable bonds is 3. The number of fused-ring (bicyclic) bond motifs is 1. The van der Waals surface area contributed by atoms with Crippen molar-refractivity contribution in [3.63, 3.8) is 0 Å². The SMILES string of the molecule is O=C(Nc1c[nH+]c2ccccc2c1)c1ccccc1[N+](=O)[O-]. The first-order valence-corrected chi connectivity index (χ1v) is 6.60. The molecule has 0 fully saturated rings. The molecule has 6 heteroatoms. The lowest BCUT2D eigenvalue weighted by Gasteiger charge is -2.04. The number of nitro benzene ring substituents is 1. The molecule has 3 aromatic rings. The minimum atomic E-state index is -0.568. The van der Waals surface area contributed by atoms with Gasteiger partial charge < -0.3 is 5.32 Å². The Kier molecular flexibility index (Phi) is 3.49. The van der Waals surface area contributed by atoms with Crippen molar-refractivity contribution in [2.45, 2.75) is 0 Å². The quantitative estimate of drug-likeness (QED) is 0.595. The molecule has 0 atom stereocenters. The maximum absolute atomic E-state index is 12.2. The van der Waals surface area contributed by atoms with Crippen molar-refractivity contribution in [1.82, 2.24) is 0 Å². The first-order chi connectivity index (χ1) is 10.6. The molecule has 1 aromatic heterocycles. The molecule has 108 valence electrons. The van der Waals surface area contributed by atoms with Gasteiger partial charge in [0.2, 0.25) is 5.52 Å². The highest BCUT2D eigenvalue weighted by molar-refractivity contribution is 6.07. The highest BCUT2D eigenvalue weighted by atomic mass is 16.6. The average molecular weight is 294 g/mol. The average Bonchev–Trinajstić information content (AvgIpc) is 2.54. The number of carbonyl (C=O) groups excluding carboxylic acids is 1. The lowest BCUT2D eigenvalue weighted by Crippen LogP contribution is -2.15. The van der Waals surface area contributed by atoms with Crippen LogP contribution in [0.1, 0.15) is 10.4 Å². The number of anilines is 1. The Labute approximate surface area is 125 Å². The van der Waals surface area contributed by atoms with E-state index in [4.69, 9.17) is 0 Å². The molecule has 0 saturated carbocycles. The van der Waals surface area contributed by atoms with Gasteiger partial charge in [0, 0.05) is 17.5 Å². The van der Waals surface area contributed by atoms with Crippen molar-refractivity contribution in [2.75, 3.05) is 5.32 Å².